The minimum Gasteiger partial charge on any atom is -0.357 e. The first-order valence-corrected chi connectivity index (χ1v) is 8.52. The first-order chi connectivity index (χ1) is 12.6. The Morgan fingerprint density at radius 2 is 1.54 bits per heavy atom. The SMILES string of the molecule is CCN(CC)c1cc(Nc2c(F)cccc2F)nc(-c2ccccc2)n1. The molecule has 0 atom stereocenters. The molecule has 0 aliphatic heterocycles. The highest BCUT2D eigenvalue weighted by Gasteiger charge is 2.14. The molecule has 26 heavy (non-hydrogen) atoms. The largest absolute Gasteiger partial charge is 0.357 e. The van der Waals surface area contributed by atoms with Crippen molar-refractivity contribution in [2.45, 2.75) is 13.8 Å². The van der Waals surface area contributed by atoms with Gasteiger partial charge in [0.05, 0.1) is 0 Å². The van der Waals surface area contributed by atoms with Crippen LogP contribution in [0.2, 0.25) is 0 Å². The molecule has 2 aromatic carbocycles. The highest BCUT2D eigenvalue weighted by Crippen LogP contribution is 2.27. The third-order valence-corrected chi connectivity index (χ3v) is 4.05. The van der Waals surface area contributed by atoms with Crippen LogP contribution in [0.4, 0.5) is 26.1 Å². The number of benzene rings is 2. The maximum absolute atomic E-state index is 14.0. The Morgan fingerprint density at radius 1 is 0.885 bits per heavy atom. The molecule has 0 spiro atoms. The number of hydrogen-bond acceptors (Lipinski definition) is 4. The van der Waals surface area contributed by atoms with Crippen molar-refractivity contribution in [1.29, 1.82) is 0 Å². The van der Waals surface area contributed by atoms with Crippen molar-refractivity contribution >= 4 is 17.3 Å². The smallest absolute Gasteiger partial charge is 0.163 e. The van der Waals surface area contributed by atoms with Gasteiger partial charge in [0.15, 0.2) is 5.82 Å². The van der Waals surface area contributed by atoms with E-state index in [1.54, 1.807) is 6.07 Å². The average molecular weight is 354 g/mol. The molecule has 3 aromatic rings. The van der Waals surface area contributed by atoms with Crippen LogP contribution in [0.3, 0.4) is 0 Å². The van der Waals surface area contributed by atoms with Crippen molar-refractivity contribution in [3.05, 3.63) is 66.2 Å². The van der Waals surface area contributed by atoms with Gasteiger partial charge in [0, 0.05) is 24.7 Å². The van der Waals surface area contributed by atoms with Crippen molar-refractivity contribution < 1.29 is 8.78 Å². The summed E-state index contributed by atoms with van der Waals surface area (Å²) in [5, 5.41) is 2.77. The van der Waals surface area contributed by atoms with Crippen LogP contribution in [0.1, 0.15) is 13.8 Å². The molecule has 0 fully saturated rings. The Bertz CT molecular complexity index is 860. The number of nitrogens with zero attached hydrogens (tertiary/aromatic N) is 3. The molecule has 0 saturated carbocycles. The lowest BCUT2D eigenvalue weighted by Gasteiger charge is -2.21. The summed E-state index contributed by atoms with van der Waals surface area (Å²) in [6, 6.07) is 14.9. The molecule has 1 aromatic heterocycles. The van der Waals surface area contributed by atoms with E-state index in [9.17, 15) is 8.78 Å². The van der Waals surface area contributed by atoms with Gasteiger partial charge in [-0.2, -0.15) is 0 Å². The van der Waals surface area contributed by atoms with E-state index >= 15 is 0 Å². The number of hydrogen-bond donors (Lipinski definition) is 1. The number of nitrogens with one attached hydrogen (secondary N) is 1. The van der Waals surface area contributed by atoms with E-state index in [-0.39, 0.29) is 5.69 Å². The molecule has 0 aliphatic carbocycles. The van der Waals surface area contributed by atoms with Crippen LogP contribution in [0, 0.1) is 11.6 Å². The van der Waals surface area contributed by atoms with Crippen LogP contribution in [0.15, 0.2) is 54.6 Å². The molecule has 1 N–H and O–H groups in total. The molecule has 134 valence electrons. The minimum atomic E-state index is -0.672. The zero-order chi connectivity index (χ0) is 18.5. The van der Waals surface area contributed by atoms with E-state index in [4.69, 9.17) is 0 Å². The third-order valence-electron chi connectivity index (χ3n) is 4.05. The van der Waals surface area contributed by atoms with Gasteiger partial charge in [-0.05, 0) is 26.0 Å². The fourth-order valence-corrected chi connectivity index (χ4v) is 2.67. The van der Waals surface area contributed by atoms with Gasteiger partial charge in [0.1, 0.15) is 29.0 Å². The molecular weight excluding hydrogens is 334 g/mol. The van der Waals surface area contributed by atoms with E-state index in [1.165, 1.54) is 18.2 Å². The van der Waals surface area contributed by atoms with E-state index in [0.717, 1.165) is 18.7 Å². The summed E-state index contributed by atoms with van der Waals surface area (Å²) in [6.07, 6.45) is 0. The van der Waals surface area contributed by atoms with Crippen LogP contribution < -0.4 is 10.2 Å². The van der Waals surface area contributed by atoms with Crippen LogP contribution >= 0.6 is 0 Å². The highest BCUT2D eigenvalue weighted by molar-refractivity contribution is 5.66. The second-order valence-corrected chi connectivity index (χ2v) is 5.69. The van der Waals surface area contributed by atoms with Crippen molar-refractivity contribution in [1.82, 2.24) is 9.97 Å². The summed E-state index contributed by atoms with van der Waals surface area (Å²) >= 11 is 0. The quantitative estimate of drug-likeness (QED) is 0.675. The van der Waals surface area contributed by atoms with Gasteiger partial charge >= 0.3 is 0 Å². The lowest BCUT2D eigenvalue weighted by atomic mass is 10.2. The second-order valence-electron chi connectivity index (χ2n) is 5.69. The molecule has 3 rings (SSSR count). The van der Waals surface area contributed by atoms with Crippen molar-refractivity contribution in [2.75, 3.05) is 23.3 Å². The summed E-state index contributed by atoms with van der Waals surface area (Å²) in [7, 11) is 0. The maximum atomic E-state index is 14.0. The van der Waals surface area contributed by atoms with Crippen LogP contribution in [-0.2, 0) is 0 Å². The predicted molar refractivity (Wildman–Crippen MR) is 101 cm³/mol. The lowest BCUT2D eigenvalue weighted by molar-refractivity contribution is 0.590. The summed E-state index contributed by atoms with van der Waals surface area (Å²) < 4.78 is 28.0. The number of halogens is 2. The van der Waals surface area contributed by atoms with Gasteiger partial charge in [-0.25, -0.2) is 18.7 Å². The molecule has 0 saturated heterocycles. The molecule has 6 heteroatoms. The molecule has 0 aliphatic rings. The van der Waals surface area contributed by atoms with Crippen LogP contribution in [-0.4, -0.2) is 23.1 Å². The standard InChI is InChI=1S/C20H20F2N4/c1-3-26(4-2)18-13-17(23-19-15(21)11-8-12-16(19)22)24-20(25-18)14-9-6-5-7-10-14/h5-13H,3-4H2,1-2H3,(H,23,24,25). The molecule has 0 bridgehead atoms. The van der Waals surface area contributed by atoms with E-state index < -0.39 is 11.6 Å². The fourth-order valence-electron chi connectivity index (χ4n) is 2.67. The number of para-hydroxylation sites is 1. The van der Waals surface area contributed by atoms with Gasteiger partial charge in [-0.1, -0.05) is 36.4 Å². The number of aromatic nitrogens is 2. The Balaban J connectivity index is 2.08. The van der Waals surface area contributed by atoms with Crippen LogP contribution in [0.5, 0.6) is 0 Å². The zero-order valence-corrected chi connectivity index (χ0v) is 14.7. The first kappa shape index (κ1) is 17.8. The van der Waals surface area contributed by atoms with Crippen molar-refractivity contribution in [3.63, 3.8) is 0 Å². The first-order valence-electron chi connectivity index (χ1n) is 8.52. The van der Waals surface area contributed by atoms with Gasteiger partial charge in [-0.15, -0.1) is 0 Å². The zero-order valence-electron chi connectivity index (χ0n) is 14.7. The number of anilines is 3. The second kappa shape index (κ2) is 7.91. The normalized spacial score (nSPS) is 10.6. The summed E-state index contributed by atoms with van der Waals surface area (Å²) in [6.45, 7) is 5.57. The maximum Gasteiger partial charge on any atom is 0.163 e. The lowest BCUT2D eigenvalue weighted by Crippen LogP contribution is -2.23. The predicted octanol–water partition coefficient (Wildman–Crippen LogP) is 5.01. The topological polar surface area (TPSA) is 41.0 Å². The Morgan fingerprint density at radius 3 is 2.15 bits per heavy atom. The monoisotopic (exact) mass is 354 g/mol. The van der Waals surface area contributed by atoms with E-state index in [0.29, 0.717) is 17.5 Å². The Labute approximate surface area is 151 Å². The van der Waals surface area contributed by atoms with Gasteiger partial charge < -0.3 is 10.2 Å². The molecule has 0 unspecified atom stereocenters. The van der Waals surface area contributed by atoms with Gasteiger partial charge in [0.2, 0.25) is 0 Å². The molecular formula is C20H20F2N4. The number of rotatable bonds is 6. The fraction of sp³-hybridized carbons (Fsp3) is 0.200. The van der Waals surface area contributed by atoms with E-state index in [1.807, 2.05) is 44.2 Å². The van der Waals surface area contributed by atoms with Gasteiger partial charge in [0.25, 0.3) is 0 Å². The molecule has 4 nitrogen and oxygen atoms in total. The molecule has 1 heterocycles. The van der Waals surface area contributed by atoms with Crippen LogP contribution in [0.25, 0.3) is 11.4 Å². The van der Waals surface area contributed by atoms with Crippen molar-refractivity contribution in [2.24, 2.45) is 0 Å². The minimum absolute atomic E-state index is 0.226. The van der Waals surface area contributed by atoms with E-state index in [2.05, 4.69) is 20.2 Å². The average Bonchev–Trinajstić information content (AvgIpc) is 2.66. The summed E-state index contributed by atoms with van der Waals surface area (Å²) in [4.78, 5) is 11.1. The Kier molecular flexibility index (Phi) is 5.41. The van der Waals surface area contributed by atoms with Crippen molar-refractivity contribution in [3.8, 4) is 11.4 Å². The molecule has 0 radical (unpaired) electrons. The van der Waals surface area contributed by atoms with Gasteiger partial charge in [-0.3, -0.25) is 0 Å². The Hall–Kier alpha value is -3.02. The third kappa shape index (κ3) is 3.79. The molecule has 0 amide bonds. The summed E-state index contributed by atoms with van der Waals surface area (Å²) in [5.41, 5.74) is 0.606. The highest BCUT2D eigenvalue weighted by atomic mass is 19.1. The summed E-state index contributed by atoms with van der Waals surface area (Å²) in [5.74, 6) is 0.186.